The summed E-state index contributed by atoms with van der Waals surface area (Å²) in [6, 6.07) is 6.36. The fourth-order valence-corrected chi connectivity index (χ4v) is 3.61. The summed E-state index contributed by atoms with van der Waals surface area (Å²) in [5.74, 6) is 0.853. The maximum Gasteiger partial charge on any atom is 0.0485 e. The summed E-state index contributed by atoms with van der Waals surface area (Å²) >= 11 is 12.4. The molecule has 0 saturated heterocycles. The summed E-state index contributed by atoms with van der Waals surface area (Å²) in [4.78, 5) is 2.39. The van der Waals surface area contributed by atoms with Gasteiger partial charge in [0.25, 0.3) is 0 Å². The lowest BCUT2D eigenvalue weighted by atomic mass is 9.86. The maximum atomic E-state index is 6.34. The largest absolute Gasteiger partial charge is 0.329 e. The molecule has 0 aliphatic heterocycles. The van der Waals surface area contributed by atoms with Gasteiger partial charge >= 0.3 is 0 Å². The van der Waals surface area contributed by atoms with Gasteiger partial charge in [-0.1, -0.05) is 30.1 Å². The van der Waals surface area contributed by atoms with Gasteiger partial charge in [-0.3, -0.25) is 4.90 Å². The molecule has 112 valence electrons. The van der Waals surface area contributed by atoms with Crippen molar-refractivity contribution in [1.82, 2.24) is 4.90 Å². The number of rotatable bonds is 4. The number of hydrogen-bond acceptors (Lipinski definition) is 2. The second-order valence-corrected chi connectivity index (χ2v) is 6.84. The monoisotopic (exact) mass is 314 g/mol. The number of nitrogens with two attached hydrogens (primary N) is 1. The maximum absolute atomic E-state index is 6.34. The molecule has 1 atom stereocenters. The van der Waals surface area contributed by atoms with Gasteiger partial charge in [-0.2, -0.15) is 0 Å². The molecule has 0 radical (unpaired) electrons. The first-order chi connectivity index (χ1) is 9.52. The highest BCUT2D eigenvalue weighted by molar-refractivity contribution is 6.33. The zero-order chi connectivity index (χ0) is 14.7. The summed E-state index contributed by atoms with van der Waals surface area (Å²) in [6.45, 7) is 2.90. The number of benzene rings is 1. The molecule has 0 heterocycles. The Morgan fingerprint density at radius 1 is 1.25 bits per heavy atom. The normalized spacial score (nSPS) is 24.9. The highest BCUT2D eigenvalue weighted by atomic mass is 35.5. The quantitative estimate of drug-likeness (QED) is 0.886. The van der Waals surface area contributed by atoms with Crippen molar-refractivity contribution in [3.05, 3.63) is 33.8 Å². The Bertz CT molecular complexity index is 442. The molecular formula is C16H24Cl2N2. The number of likely N-dealkylation sites (N-methyl/N-ethyl adjacent to an activating group) is 1. The van der Waals surface area contributed by atoms with Crippen LogP contribution in [-0.4, -0.2) is 24.5 Å². The van der Waals surface area contributed by atoms with Crippen molar-refractivity contribution in [2.45, 2.75) is 44.7 Å². The SMILES string of the molecule is CC1CCC(N(C)C(CN)c2cc(Cl)ccc2Cl)CC1. The summed E-state index contributed by atoms with van der Waals surface area (Å²) in [6.07, 6.45) is 5.09. The molecule has 2 rings (SSSR count). The van der Waals surface area contributed by atoms with Crippen molar-refractivity contribution >= 4 is 23.2 Å². The fourth-order valence-electron chi connectivity index (χ4n) is 3.19. The van der Waals surface area contributed by atoms with Crippen LogP contribution in [0.1, 0.15) is 44.2 Å². The van der Waals surface area contributed by atoms with Crippen LogP contribution < -0.4 is 5.73 Å². The third-order valence-corrected chi connectivity index (χ3v) is 5.17. The average molecular weight is 315 g/mol. The first kappa shape index (κ1) is 16.1. The molecule has 1 fully saturated rings. The Morgan fingerprint density at radius 2 is 1.90 bits per heavy atom. The molecule has 1 saturated carbocycles. The molecule has 20 heavy (non-hydrogen) atoms. The number of hydrogen-bond donors (Lipinski definition) is 1. The summed E-state index contributed by atoms with van der Waals surface area (Å²) in [7, 11) is 2.16. The van der Waals surface area contributed by atoms with Gasteiger partial charge in [-0.25, -0.2) is 0 Å². The van der Waals surface area contributed by atoms with Gasteiger partial charge in [-0.05, 0) is 62.4 Å². The summed E-state index contributed by atoms with van der Waals surface area (Å²) in [5, 5.41) is 1.47. The molecule has 2 nitrogen and oxygen atoms in total. The molecule has 1 aliphatic rings. The minimum Gasteiger partial charge on any atom is -0.329 e. The van der Waals surface area contributed by atoms with Gasteiger partial charge in [-0.15, -0.1) is 0 Å². The van der Waals surface area contributed by atoms with Crippen molar-refractivity contribution in [3.8, 4) is 0 Å². The van der Waals surface area contributed by atoms with E-state index in [4.69, 9.17) is 28.9 Å². The van der Waals surface area contributed by atoms with Crippen molar-refractivity contribution in [2.75, 3.05) is 13.6 Å². The Morgan fingerprint density at radius 3 is 2.50 bits per heavy atom. The van der Waals surface area contributed by atoms with E-state index >= 15 is 0 Å². The fraction of sp³-hybridized carbons (Fsp3) is 0.625. The van der Waals surface area contributed by atoms with Crippen molar-refractivity contribution < 1.29 is 0 Å². The van der Waals surface area contributed by atoms with E-state index in [1.807, 2.05) is 18.2 Å². The van der Waals surface area contributed by atoms with Crippen LogP contribution in [0, 0.1) is 5.92 Å². The predicted molar refractivity (Wildman–Crippen MR) is 87.4 cm³/mol. The van der Waals surface area contributed by atoms with Crippen LogP contribution in [0.15, 0.2) is 18.2 Å². The lowest BCUT2D eigenvalue weighted by molar-refractivity contribution is 0.126. The highest BCUT2D eigenvalue weighted by Crippen LogP contribution is 2.34. The van der Waals surface area contributed by atoms with Gasteiger partial charge < -0.3 is 5.73 Å². The van der Waals surface area contributed by atoms with Crippen molar-refractivity contribution in [3.63, 3.8) is 0 Å². The first-order valence-corrected chi connectivity index (χ1v) is 8.15. The zero-order valence-corrected chi connectivity index (χ0v) is 13.8. The topological polar surface area (TPSA) is 29.3 Å². The molecule has 0 amide bonds. The van der Waals surface area contributed by atoms with Gasteiger partial charge in [0.05, 0.1) is 0 Å². The minimum atomic E-state index is 0.139. The first-order valence-electron chi connectivity index (χ1n) is 7.40. The number of halogens is 2. The van der Waals surface area contributed by atoms with E-state index < -0.39 is 0 Å². The third kappa shape index (κ3) is 3.67. The standard InChI is InChI=1S/C16H24Cl2N2/c1-11-3-6-13(7-4-11)20(2)16(10-19)14-9-12(17)5-8-15(14)18/h5,8-9,11,13,16H,3-4,6-7,10,19H2,1-2H3. The van der Waals surface area contributed by atoms with Gasteiger partial charge in [0.1, 0.15) is 0 Å². The highest BCUT2D eigenvalue weighted by Gasteiger charge is 2.27. The third-order valence-electron chi connectivity index (χ3n) is 4.59. The van der Waals surface area contributed by atoms with E-state index in [2.05, 4.69) is 18.9 Å². The molecule has 1 aromatic rings. The van der Waals surface area contributed by atoms with E-state index in [0.717, 1.165) is 16.5 Å². The number of nitrogens with zero attached hydrogens (tertiary/aromatic N) is 1. The van der Waals surface area contributed by atoms with E-state index in [1.165, 1.54) is 25.7 Å². The molecule has 0 spiro atoms. The average Bonchev–Trinajstić information content (AvgIpc) is 2.44. The second kappa shape index (κ2) is 7.13. The van der Waals surface area contributed by atoms with Crippen LogP contribution in [0.25, 0.3) is 0 Å². The molecule has 1 aliphatic carbocycles. The molecule has 4 heteroatoms. The second-order valence-electron chi connectivity index (χ2n) is 6.00. The van der Waals surface area contributed by atoms with Crippen LogP contribution in [0.4, 0.5) is 0 Å². The Labute approximate surface area is 132 Å². The summed E-state index contributed by atoms with van der Waals surface area (Å²) < 4.78 is 0. The smallest absolute Gasteiger partial charge is 0.0485 e. The summed E-state index contributed by atoms with van der Waals surface area (Å²) in [5.41, 5.74) is 7.06. The Kier molecular flexibility index (Phi) is 5.74. The predicted octanol–water partition coefficient (Wildman–Crippen LogP) is 4.50. The van der Waals surface area contributed by atoms with Crippen molar-refractivity contribution in [2.24, 2.45) is 11.7 Å². The van der Waals surface area contributed by atoms with Crippen LogP contribution in [0.2, 0.25) is 10.0 Å². The molecule has 2 N–H and O–H groups in total. The van der Waals surface area contributed by atoms with Crippen LogP contribution >= 0.6 is 23.2 Å². The van der Waals surface area contributed by atoms with E-state index in [0.29, 0.717) is 17.6 Å². The Hall–Kier alpha value is -0.280. The zero-order valence-electron chi connectivity index (χ0n) is 12.3. The van der Waals surface area contributed by atoms with E-state index in [1.54, 1.807) is 0 Å². The van der Waals surface area contributed by atoms with Gasteiger partial charge in [0.2, 0.25) is 0 Å². The van der Waals surface area contributed by atoms with Crippen LogP contribution in [0.3, 0.4) is 0 Å². The van der Waals surface area contributed by atoms with Crippen LogP contribution in [-0.2, 0) is 0 Å². The van der Waals surface area contributed by atoms with Crippen molar-refractivity contribution in [1.29, 1.82) is 0 Å². The lowest BCUT2D eigenvalue weighted by Gasteiger charge is -2.38. The van der Waals surface area contributed by atoms with Gasteiger partial charge in [0.15, 0.2) is 0 Å². The lowest BCUT2D eigenvalue weighted by Crippen LogP contribution is -2.40. The molecule has 1 aromatic carbocycles. The minimum absolute atomic E-state index is 0.139. The molecule has 1 unspecified atom stereocenters. The molecular weight excluding hydrogens is 291 g/mol. The van der Waals surface area contributed by atoms with Gasteiger partial charge in [0, 0.05) is 28.7 Å². The van der Waals surface area contributed by atoms with E-state index in [-0.39, 0.29) is 6.04 Å². The molecule has 0 aromatic heterocycles. The molecule has 0 bridgehead atoms. The van der Waals surface area contributed by atoms with Crippen LogP contribution in [0.5, 0.6) is 0 Å². The van der Waals surface area contributed by atoms with E-state index in [9.17, 15) is 0 Å². The Balaban J connectivity index is 2.16.